The molecule has 132 valence electrons. The molecular weight excluding hydrogens is 318 g/mol. The predicted octanol–water partition coefficient (Wildman–Crippen LogP) is 1.87. The van der Waals surface area contributed by atoms with Crippen LogP contribution in [0.25, 0.3) is 0 Å². The number of morpholine rings is 1. The molecule has 7 nitrogen and oxygen atoms in total. The molecule has 0 aliphatic carbocycles. The summed E-state index contributed by atoms with van der Waals surface area (Å²) in [6.45, 7) is 5.95. The average Bonchev–Trinajstić information content (AvgIpc) is 2.60. The molecular formula is C18H23N5O2. The lowest BCUT2D eigenvalue weighted by Crippen LogP contribution is -2.47. The number of para-hydroxylation sites is 1. The molecule has 2 aromatic rings. The van der Waals surface area contributed by atoms with Crippen molar-refractivity contribution >= 4 is 23.2 Å². The van der Waals surface area contributed by atoms with Gasteiger partial charge in [-0.1, -0.05) is 18.2 Å². The van der Waals surface area contributed by atoms with Crippen molar-refractivity contribution in [2.45, 2.75) is 20.0 Å². The van der Waals surface area contributed by atoms with Crippen LogP contribution in [0.15, 0.2) is 36.4 Å². The Bertz CT molecular complexity index is 723. The molecule has 25 heavy (non-hydrogen) atoms. The number of nitrogens with one attached hydrogen (secondary N) is 2. The van der Waals surface area contributed by atoms with E-state index in [-0.39, 0.29) is 12.0 Å². The maximum atomic E-state index is 11.1. The number of nitrogens with zero attached hydrogens (tertiary/aromatic N) is 3. The number of anilines is 3. The molecule has 1 amide bonds. The lowest BCUT2D eigenvalue weighted by atomic mass is 10.2. The van der Waals surface area contributed by atoms with Gasteiger partial charge in [-0.2, -0.15) is 0 Å². The summed E-state index contributed by atoms with van der Waals surface area (Å²) in [5.41, 5.74) is 0.983. The van der Waals surface area contributed by atoms with Crippen molar-refractivity contribution in [2.24, 2.45) is 0 Å². The highest BCUT2D eigenvalue weighted by molar-refractivity contribution is 5.72. The number of hydrogen-bond acceptors (Lipinski definition) is 6. The SMILES string of the molecule is CC(=O)NCC1CN(c2cc(Nc3ccccc3)nc(C)n2)CCO1. The largest absolute Gasteiger partial charge is 0.373 e. The van der Waals surface area contributed by atoms with Gasteiger partial charge >= 0.3 is 0 Å². The summed E-state index contributed by atoms with van der Waals surface area (Å²) in [5, 5.41) is 6.12. The predicted molar refractivity (Wildman–Crippen MR) is 97.1 cm³/mol. The average molecular weight is 341 g/mol. The maximum absolute atomic E-state index is 11.1. The van der Waals surface area contributed by atoms with Gasteiger partial charge in [0.1, 0.15) is 17.5 Å². The molecule has 0 radical (unpaired) electrons. The van der Waals surface area contributed by atoms with Crippen LogP contribution in [-0.2, 0) is 9.53 Å². The molecule has 2 N–H and O–H groups in total. The van der Waals surface area contributed by atoms with Crippen molar-refractivity contribution in [3.63, 3.8) is 0 Å². The van der Waals surface area contributed by atoms with Crippen molar-refractivity contribution < 1.29 is 9.53 Å². The van der Waals surface area contributed by atoms with E-state index >= 15 is 0 Å². The van der Waals surface area contributed by atoms with Crippen LogP contribution in [0.5, 0.6) is 0 Å². The molecule has 1 aromatic carbocycles. The normalized spacial score (nSPS) is 17.2. The van der Waals surface area contributed by atoms with Gasteiger partial charge in [0, 0.05) is 38.3 Å². The molecule has 1 unspecified atom stereocenters. The summed E-state index contributed by atoms with van der Waals surface area (Å²) in [7, 11) is 0. The van der Waals surface area contributed by atoms with Crippen LogP contribution in [0.1, 0.15) is 12.7 Å². The summed E-state index contributed by atoms with van der Waals surface area (Å²) in [5.74, 6) is 2.29. The zero-order chi connectivity index (χ0) is 17.6. The number of ether oxygens (including phenoxy) is 1. The van der Waals surface area contributed by atoms with Crippen molar-refractivity contribution in [3.8, 4) is 0 Å². The number of aromatic nitrogens is 2. The standard InChI is InChI=1S/C18H23N5O2/c1-13-20-17(22-15-6-4-3-5-7-15)10-18(21-13)23-8-9-25-16(12-23)11-19-14(2)24/h3-7,10,16H,8-9,11-12H2,1-2H3,(H,19,24)(H,20,21,22). The van der Waals surface area contributed by atoms with Crippen LogP contribution >= 0.6 is 0 Å². The zero-order valence-electron chi connectivity index (χ0n) is 14.5. The Balaban J connectivity index is 1.72. The molecule has 1 saturated heterocycles. The van der Waals surface area contributed by atoms with Crippen LogP contribution in [-0.4, -0.2) is 48.2 Å². The van der Waals surface area contributed by atoms with Gasteiger partial charge in [-0.25, -0.2) is 9.97 Å². The number of rotatable bonds is 5. The van der Waals surface area contributed by atoms with Crippen LogP contribution in [0.2, 0.25) is 0 Å². The van der Waals surface area contributed by atoms with Gasteiger partial charge in [-0.15, -0.1) is 0 Å². The molecule has 0 spiro atoms. The second kappa shape index (κ2) is 7.94. The van der Waals surface area contributed by atoms with E-state index in [2.05, 4.69) is 25.5 Å². The Labute approximate surface area is 147 Å². The molecule has 7 heteroatoms. The third-order valence-electron chi connectivity index (χ3n) is 3.91. The maximum Gasteiger partial charge on any atom is 0.216 e. The van der Waals surface area contributed by atoms with E-state index in [1.54, 1.807) is 0 Å². The Morgan fingerprint density at radius 3 is 2.88 bits per heavy atom. The number of carbonyl (C=O) groups excluding carboxylic acids is 1. The fourth-order valence-corrected chi connectivity index (χ4v) is 2.76. The van der Waals surface area contributed by atoms with Gasteiger partial charge in [-0.05, 0) is 19.1 Å². The fraction of sp³-hybridized carbons (Fsp3) is 0.389. The van der Waals surface area contributed by atoms with Crippen molar-refractivity contribution in [1.29, 1.82) is 0 Å². The van der Waals surface area contributed by atoms with E-state index in [0.29, 0.717) is 25.5 Å². The first-order chi connectivity index (χ1) is 12.1. The van der Waals surface area contributed by atoms with Crippen LogP contribution < -0.4 is 15.5 Å². The Morgan fingerprint density at radius 2 is 2.12 bits per heavy atom. The number of amides is 1. The highest BCUT2D eigenvalue weighted by Gasteiger charge is 2.22. The molecule has 1 aliphatic rings. The van der Waals surface area contributed by atoms with E-state index in [9.17, 15) is 4.79 Å². The lowest BCUT2D eigenvalue weighted by Gasteiger charge is -2.34. The Kier molecular flexibility index (Phi) is 5.45. The van der Waals surface area contributed by atoms with E-state index in [4.69, 9.17) is 4.74 Å². The molecule has 1 aliphatic heterocycles. The van der Waals surface area contributed by atoms with E-state index < -0.39 is 0 Å². The minimum absolute atomic E-state index is 0.0431. The minimum Gasteiger partial charge on any atom is -0.373 e. The molecule has 1 atom stereocenters. The quantitative estimate of drug-likeness (QED) is 0.864. The Morgan fingerprint density at radius 1 is 1.32 bits per heavy atom. The third kappa shape index (κ3) is 4.90. The summed E-state index contributed by atoms with van der Waals surface area (Å²) in [4.78, 5) is 22.3. The van der Waals surface area contributed by atoms with Crippen molar-refractivity contribution in [1.82, 2.24) is 15.3 Å². The first-order valence-electron chi connectivity index (χ1n) is 8.39. The van der Waals surface area contributed by atoms with Gasteiger partial charge < -0.3 is 20.3 Å². The minimum atomic E-state index is -0.0482. The second-order valence-corrected chi connectivity index (χ2v) is 6.03. The van der Waals surface area contributed by atoms with E-state index in [0.717, 1.165) is 23.9 Å². The van der Waals surface area contributed by atoms with Crippen LogP contribution in [0, 0.1) is 6.92 Å². The number of carbonyl (C=O) groups is 1. The van der Waals surface area contributed by atoms with Crippen molar-refractivity contribution in [2.75, 3.05) is 36.5 Å². The number of aryl methyl sites for hydroxylation is 1. The van der Waals surface area contributed by atoms with Gasteiger partial charge in [0.25, 0.3) is 0 Å². The van der Waals surface area contributed by atoms with Crippen LogP contribution in [0.4, 0.5) is 17.3 Å². The number of benzene rings is 1. The molecule has 2 heterocycles. The molecule has 3 rings (SSSR count). The van der Waals surface area contributed by atoms with Gasteiger partial charge in [0.15, 0.2) is 0 Å². The van der Waals surface area contributed by atoms with E-state index in [1.165, 1.54) is 6.92 Å². The van der Waals surface area contributed by atoms with Crippen molar-refractivity contribution in [3.05, 3.63) is 42.2 Å². The zero-order valence-corrected chi connectivity index (χ0v) is 14.5. The molecule has 0 saturated carbocycles. The second-order valence-electron chi connectivity index (χ2n) is 6.03. The summed E-state index contributed by atoms with van der Waals surface area (Å²) < 4.78 is 5.72. The van der Waals surface area contributed by atoms with Gasteiger partial charge in [0.05, 0.1) is 12.7 Å². The monoisotopic (exact) mass is 341 g/mol. The summed E-state index contributed by atoms with van der Waals surface area (Å²) in [6, 6.07) is 11.9. The first kappa shape index (κ1) is 17.2. The lowest BCUT2D eigenvalue weighted by molar-refractivity contribution is -0.119. The van der Waals surface area contributed by atoms with Gasteiger partial charge in [-0.3, -0.25) is 4.79 Å². The fourth-order valence-electron chi connectivity index (χ4n) is 2.76. The third-order valence-corrected chi connectivity index (χ3v) is 3.91. The topological polar surface area (TPSA) is 79.4 Å². The summed E-state index contributed by atoms with van der Waals surface area (Å²) in [6.07, 6.45) is -0.0431. The molecule has 0 bridgehead atoms. The van der Waals surface area contributed by atoms with Gasteiger partial charge in [0.2, 0.25) is 5.91 Å². The summed E-state index contributed by atoms with van der Waals surface area (Å²) >= 11 is 0. The Hall–Kier alpha value is -2.67. The van der Waals surface area contributed by atoms with E-state index in [1.807, 2.05) is 43.3 Å². The molecule has 1 fully saturated rings. The highest BCUT2D eigenvalue weighted by atomic mass is 16.5. The number of hydrogen-bond donors (Lipinski definition) is 2. The molecule has 1 aromatic heterocycles. The van der Waals surface area contributed by atoms with Crippen LogP contribution in [0.3, 0.4) is 0 Å². The first-order valence-corrected chi connectivity index (χ1v) is 8.39. The highest BCUT2D eigenvalue weighted by Crippen LogP contribution is 2.21. The smallest absolute Gasteiger partial charge is 0.216 e.